The lowest BCUT2D eigenvalue weighted by molar-refractivity contribution is -0.137. The van der Waals surface area contributed by atoms with Gasteiger partial charge in [-0.2, -0.15) is 0 Å². The molecule has 1 aromatic heterocycles. The molecule has 1 N–H and O–H groups in total. The van der Waals surface area contributed by atoms with Gasteiger partial charge in [0.1, 0.15) is 5.76 Å². The Kier molecular flexibility index (Phi) is 4.74. The molecule has 7 heteroatoms. The predicted octanol–water partition coefficient (Wildman–Crippen LogP) is 1.11. The highest BCUT2D eigenvalue weighted by molar-refractivity contribution is 5.83. The number of nitrogens with one attached hydrogen (secondary N) is 1. The number of nitrogens with zero attached hydrogens (tertiary/aromatic N) is 3. The zero-order valence-corrected chi connectivity index (χ0v) is 14.6. The Labute approximate surface area is 147 Å². The molecule has 2 saturated heterocycles. The van der Waals surface area contributed by atoms with Crippen LogP contribution in [0.1, 0.15) is 49.5 Å². The van der Waals surface area contributed by atoms with Gasteiger partial charge in [-0.3, -0.25) is 14.5 Å². The molecule has 1 unspecified atom stereocenters. The minimum Gasteiger partial charge on any atom is -0.361 e. The number of carbonyl (C=O) groups excluding carboxylic acids is 2. The molecule has 4 rings (SSSR count). The minimum absolute atomic E-state index is 0.0547. The zero-order chi connectivity index (χ0) is 17.2. The average Bonchev–Trinajstić information content (AvgIpc) is 3.40. The summed E-state index contributed by atoms with van der Waals surface area (Å²) in [7, 11) is 0. The van der Waals surface area contributed by atoms with Crippen molar-refractivity contribution >= 4 is 11.8 Å². The number of carbonyl (C=O) groups is 2. The van der Waals surface area contributed by atoms with Crippen molar-refractivity contribution in [2.45, 2.75) is 44.6 Å². The van der Waals surface area contributed by atoms with E-state index in [2.05, 4.69) is 21.4 Å². The van der Waals surface area contributed by atoms with Gasteiger partial charge in [-0.1, -0.05) is 5.16 Å². The SMILES string of the molecule is O=C1CCC(C(=O)N2CCCN(Cc3cc(C4CC4)on3)CC2)CN1. The molecule has 1 saturated carbocycles. The summed E-state index contributed by atoms with van der Waals surface area (Å²) in [6, 6.07) is 2.09. The molecule has 0 aromatic carbocycles. The average molecular weight is 346 g/mol. The van der Waals surface area contributed by atoms with Crippen LogP contribution in [0.5, 0.6) is 0 Å². The lowest BCUT2D eigenvalue weighted by Gasteiger charge is -2.28. The molecular weight excluding hydrogens is 320 g/mol. The molecule has 1 aromatic rings. The number of aromatic nitrogens is 1. The van der Waals surface area contributed by atoms with Crippen molar-refractivity contribution in [1.82, 2.24) is 20.3 Å². The maximum Gasteiger partial charge on any atom is 0.227 e. The highest BCUT2D eigenvalue weighted by atomic mass is 16.5. The second-order valence-corrected chi connectivity index (χ2v) is 7.49. The molecule has 3 fully saturated rings. The van der Waals surface area contributed by atoms with Gasteiger partial charge >= 0.3 is 0 Å². The molecule has 2 amide bonds. The molecule has 0 spiro atoms. The van der Waals surface area contributed by atoms with E-state index in [1.54, 1.807) is 0 Å². The van der Waals surface area contributed by atoms with Crippen molar-refractivity contribution in [2.75, 3.05) is 32.7 Å². The molecule has 0 bridgehead atoms. The Balaban J connectivity index is 1.28. The van der Waals surface area contributed by atoms with E-state index in [9.17, 15) is 9.59 Å². The number of hydrogen-bond acceptors (Lipinski definition) is 5. The maximum atomic E-state index is 12.7. The van der Waals surface area contributed by atoms with Crippen molar-refractivity contribution in [2.24, 2.45) is 5.92 Å². The van der Waals surface area contributed by atoms with E-state index in [0.29, 0.717) is 25.3 Å². The number of hydrogen-bond donors (Lipinski definition) is 1. The first kappa shape index (κ1) is 16.6. The highest BCUT2D eigenvalue weighted by Crippen LogP contribution is 2.40. The van der Waals surface area contributed by atoms with E-state index in [-0.39, 0.29) is 17.7 Å². The zero-order valence-electron chi connectivity index (χ0n) is 14.6. The summed E-state index contributed by atoms with van der Waals surface area (Å²) in [5, 5.41) is 7.01. The molecule has 1 atom stereocenters. The monoisotopic (exact) mass is 346 g/mol. The van der Waals surface area contributed by atoms with Gasteiger partial charge in [0.05, 0.1) is 11.6 Å². The molecule has 2 aliphatic heterocycles. The third-order valence-corrected chi connectivity index (χ3v) is 5.46. The lowest BCUT2D eigenvalue weighted by Crippen LogP contribution is -2.45. The molecule has 3 aliphatic rings. The molecule has 136 valence electrons. The van der Waals surface area contributed by atoms with Gasteiger partial charge in [0.15, 0.2) is 0 Å². The van der Waals surface area contributed by atoms with E-state index in [1.807, 2.05) is 4.90 Å². The standard InChI is InChI=1S/C18H26N4O3/c23-17-5-4-14(11-19-17)18(24)22-7-1-6-21(8-9-22)12-15-10-16(25-20-15)13-2-3-13/h10,13-14H,1-9,11-12H2,(H,19,23). The van der Waals surface area contributed by atoms with Crippen molar-refractivity contribution in [1.29, 1.82) is 0 Å². The van der Waals surface area contributed by atoms with Gasteiger partial charge in [0.25, 0.3) is 0 Å². The third-order valence-electron chi connectivity index (χ3n) is 5.46. The van der Waals surface area contributed by atoms with E-state index in [4.69, 9.17) is 4.52 Å². The van der Waals surface area contributed by atoms with Crippen molar-refractivity contribution in [3.63, 3.8) is 0 Å². The van der Waals surface area contributed by atoms with Crippen LogP contribution in [0.3, 0.4) is 0 Å². The Bertz CT molecular complexity index is 630. The normalized spacial score (nSPS) is 25.5. The summed E-state index contributed by atoms with van der Waals surface area (Å²) in [5.74, 6) is 1.82. The van der Waals surface area contributed by atoms with Gasteiger partial charge in [0, 0.05) is 57.7 Å². The van der Waals surface area contributed by atoms with E-state index >= 15 is 0 Å². The first-order valence-corrected chi connectivity index (χ1v) is 9.42. The van der Waals surface area contributed by atoms with E-state index in [1.165, 1.54) is 12.8 Å². The van der Waals surface area contributed by atoms with E-state index < -0.39 is 0 Å². The van der Waals surface area contributed by atoms with Gasteiger partial charge in [-0.05, 0) is 25.7 Å². The first-order chi connectivity index (χ1) is 12.2. The van der Waals surface area contributed by atoms with Gasteiger partial charge in [0.2, 0.25) is 11.8 Å². The van der Waals surface area contributed by atoms with Crippen molar-refractivity contribution < 1.29 is 14.1 Å². The van der Waals surface area contributed by atoms with Crippen LogP contribution >= 0.6 is 0 Å². The topological polar surface area (TPSA) is 78.7 Å². The Hall–Kier alpha value is -1.89. The fourth-order valence-electron chi connectivity index (χ4n) is 3.74. The summed E-state index contributed by atoms with van der Waals surface area (Å²) < 4.78 is 5.43. The van der Waals surface area contributed by atoms with Crippen LogP contribution in [0.2, 0.25) is 0 Å². The summed E-state index contributed by atoms with van der Waals surface area (Å²) in [4.78, 5) is 28.3. The number of amides is 2. The second-order valence-electron chi connectivity index (χ2n) is 7.49. The number of rotatable bonds is 4. The van der Waals surface area contributed by atoms with Crippen LogP contribution in [-0.2, 0) is 16.1 Å². The molecule has 1 aliphatic carbocycles. The van der Waals surface area contributed by atoms with Crippen LogP contribution in [0.15, 0.2) is 10.6 Å². The van der Waals surface area contributed by atoms with Crippen molar-refractivity contribution in [3.05, 3.63) is 17.5 Å². The summed E-state index contributed by atoms with van der Waals surface area (Å²) in [5.41, 5.74) is 0.997. The number of piperidine rings is 1. The van der Waals surface area contributed by atoms with Crippen LogP contribution < -0.4 is 5.32 Å². The Morgan fingerprint density at radius 2 is 2.12 bits per heavy atom. The molecule has 0 radical (unpaired) electrons. The van der Waals surface area contributed by atoms with Crippen LogP contribution in [0, 0.1) is 5.92 Å². The molecule has 25 heavy (non-hydrogen) atoms. The summed E-state index contributed by atoms with van der Waals surface area (Å²) in [6.07, 6.45) is 4.55. The second kappa shape index (κ2) is 7.15. The van der Waals surface area contributed by atoms with Crippen molar-refractivity contribution in [3.8, 4) is 0 Å². The molecular formula is C18H26N4O3. The third kappa shape index (κ3) is 4.03. The fourth-order valence-corrected chi connectivity index (χ4v) is 3.74. The Morgan fingerprint density at radius 1 is 1.24 bits per heavy atom. The van der Waals surface area contributed by atoms with Crippen LogP contribution in [0.25, 0.3) is 0 Å². The predicted molar refractivity (Wildman–Crippen MR) is 90.7 cm³/mol. The van der Waals surface area contributed by atoms with Crippen LogP contribution in [-0.4, -0.2) is 59.5 Å². The smallest absolute Gasteiger partial charge is 0.227 e. The maximum absolute atomic E-state index is 12.7. The highest BCUT2D eigenvalue weighted by Gasteiger charge is 2.30. The van der Waals surface area contributed by atoms with E-state index in [0.717, 1.165) is 50.6 Å². The quantitative estimate of drug-likeness (QED) is 0.884. The van der Waals surface area contributed by atoms with Gasteiger partial charge in [-0.15, -0.1) is 0 Å². The van der Waals surface area contributed by atoms with Crippen LogP contribution in [0.4, 0.5) is 0 Å². The molecule has 3 heterocycles. The lowest BCUT2D eigenvalue weighted by atomic mass is 9.97. The van der Waals surface area contributed by atoms with Gasteiger partial charge < -0.3 is 14.7 Å². The Morgan fingerprint density at radius 3 is 2.88 bits per heavy atom. The summed E-state index contributed by atoms with van der Waals surface area (Å²) in [6.45, 7) is 4.65. The largest absolute Gasteiger partial charge is 0.361 e. The molecule has 7 nitrogen and oxygen atoms in total. The first-order valence-electron chi connectivity index (χ1n) is 9.42. The summed E-state index contributed by atoms with van der Waals surface area (Å²) >= 11 is 0. The van der Waals surface area contributed by atoms with Gasteiger partial charge in [-0.25, -0.2) is 0 Å². The minimum atomic E-state index is -0.0547. The fraction of sp³-hybridized carbons (Fsp3) is 0.722.